The van der Waals surface area contributed by atoms with E-state index >= 15 is 0 Å². The molecule has 0 aromatic heterocycles. The van der Waals surface area contributed by atoms with E-state index in [4.69, 9.17) is 4.74 Å². The number of hydrogen-bond donors (Lipinski definition) is 2. The minimum Gasteiger partial charge on any atom is -0.444 e. The molecule has 0 radical (unpaired) electrons. The van der Waals surface area contributed by atoms with Crippen LogP contribution in [0, 0.1) is 5.92 Å². The van der Waals surface area contributed by atoms with Gasteiger partial charge in [0.15, 0.2) is 5.96 Å². The number of carbonyl (C=O) groups excluding carboxylic acids is 2. The number of aliphatic imine (C=N–C) groups is 1. The number of carbonyl (C=O) groups is 2. The highest BCUT2D eigenvalue weighted by Gasteiger charge is 2.23. The third-order valence-corrected chi connectivity index (χ3v) is 4.40. The minimum atomic E-state index is -0.497. The molecule has 0 aromatic rings. The summed E-state index contributed by atoms with van der Waals surface area (Å²) in [5, 5.41) is 6.02. The summed E-state index contributed by atoms with van der Waals surface area (Å²) in [7, 11) is 3.41. The first-order valence-electron chi connectivity index (χ1n) is 9.84. The highest BCUT2D eigenvalue weighted by molar-refractivity contribution is 14.0. The van der Waals surface area contributed by atoms with E-state index in [9.17, 15) is 9.59 Å². The molecule has 1 fully saturated rings. The Hall–Kier alpha value is -1.26. The van der Waals surface area contributed by atoms with Crippen molar-refractivity contribution in [1.29, 1.82) is 0 Å². The van der Waals surface area contributed by atoms with Gasteiger partial charge >= 0.3 is 6.09 Å². The van der Waals surface area contributed by atoms with Gasteiger partial charge in [0.2, 0.25) is 5.91 Å². The summed E-state index contributed by atoms with van der Waals surface area (Å²) >= 11 is 0. The van der Waals surface area contributed by atoms with Crippen molar-refractivity contribution in [2.45, 2.75) is 52.6 Å². The molecule has 0 atom stereocenters. The number of rotatable bonds is 6. The molecule has 1 aliphatic rings. The van der Waals surface area contributed by atoms with Crippen LogP contribution in [0.4, 0.5) is 4.79 Å². The number of piperidine rings is 1. The lowest BCUT2D eigenvalue weighted by molar-refractivity contribution is -0.121. The first-order valence-corrected chi connectivity index (χ1v) is 9.84. The third-order valence-electron chi connectivity index (χ3n) is 4.40. The van der Waals surface area contributed by atoms with Gasteiger partial charge in [-0.25, -0.2) is 4.79 Å². The van der Waals surface area contributed by atoms with Gasteiger partial charge in [-0.1, -0.05) is 0 Å². The molecular formula is C19H38IN5O3. The average Bonchev–Trinajstić information content (AvgIpc) is 2.60. The van der Waals surface area contributed by atoms with Crippen LogP contribution in [-0.4, -0.2) is 80.2 Å². The summed E-state index contributed by atoms with van der Waals surface area (Å²) in [5.74, 6) is 1.41. The predicted octanol–water partition coefficient (Wildman–Crippen LogP) is 2.28. The van der Waals surface area contributed by atoms with E-state index in [2.05, 4.69) is 20.5 Å². The Morgan fingerprint density at radius 2 is 1.86 bits per heavy atom. The van der Waals surface area contributed by atoms with Crippen LogP contribution in [0.5, 0.6) is 0 Å². The molecule has 1 heterocycles. The van der Waals surface area contributed by atoms with E-state index in [1.807, 2.05) is 27.7 Å². The van der Waals surface area contributed by atoms with Gasteiger partial charge in [-0.05, 0) is 46.5 Å². The van der Waals surface area contributed by atoms with Crippen LogP contribution in [0.1, 0.15) is 47.0 Å². The molecule has 0 unspecified atom stereocenters. The molecule has 0 aliphatic carbocycles. The van der Waals surface area contributed by atoms with E-state index in [0.717, 1.165) is 38.4 Å². The first kappa shape index (κ1) is 26.7. The molecule has 1 aliphatic heterocycles. The second-order valence-corrected chi connectivity index (χ2v) is 7.95. The number of nitrogens with zero attached hydrogens (tertiary/aromatic N) is 3. The topological polar surface area (TPSA) is 86.3 Å². The van der Waals surface area contributed by atoms with Crippen LogP contribution in [0.25, 0.3) is 0 Å². The van der Waals surface area contributed by atoms with E-state index in [1.165, 1.54) is 0 Å². The Morgan fingerprint density at radius 3 is 2.36 bits per heavy atom. The Labute approximate surface area is 186 Å². The Kier molecular flexibility index (Phi) is 12.5. The molecular weight excluding hydrogens is 473 g/mol. The van der Waals surface area contributed by atoms with Gasteiger partial charge in [0.25, 0.3) is 0 Å². The van der Waals surface area contributed by atoms with Crippen LogP contribution in [0.2, 0.25) is 0 Å². The quantitative estimate of drug-likeness (QED) is 0.325. The van der Waals surface area contributed by atoms with Gasteiger partial charge in [0, 0.05) is 46.7 Å². The molecule has 28 heavy (non-hydrogen) atoms. The number of halogens is 1. The zero-order valence-electron chi connectivity index (χ0n) is 18.2. The summed E-state index contributed by atoms with van der Waals surface area (Å²) in [5.41, 5.74) is -0.497. The molecule has 1 rings (SSSR count). The molecule has 2 amide bonds. The van der Waals surface area contributed by atoms with Gasteiger partial charge in [-0.2, -0.15) is 0 Å². The number of nitrogens with one attached hydrogen (secondary N) is 2. The van der Waals surface area contributed by atoms with Crippen LogP contribution < -0.4 is 10.6 Å². The van der Waals surface area contributed by atoms with Crippen molar-refractivity contribution in [2.75, 3.05) is 46.8 Å². The molecule has 2 N–H and O–H groups in total. The summed E-state index contributed by atoms with van der Waals surface area (Å²) in [6.45, 7) is 11.2. The molecule has 0 aromatic carbocycles. The molecule has 9 heteroatoms. The summed E-state index contributed by atoms with van der Waals surface area (Å²) in [6.07, 6.45) is 2.22. The van der Waals surface area contributed by atoms with Crippen LogP contribution in [0.3, 0.4) is 0 Å². The first-order chi connectivity index (χ1) is 12.7. The molecule has 1 saturated heterocycles. The summed E-state index contributed by atoms with van der Waals surface area (Å²) in [4.78, 5) is 32.0. The fourth-order valence-corrected chi connectivity index (χ4v) is 2.88. The van der Waals surface area contributed by atoms with Crippen molar-refractivity contribution in [1.82, 2.24) is 20.4 Å². The van der Waals surface area contributed by atoms with Gasteiger partial charge in [-0.15, -0.1) is 24.0 Å². The Balaban J connectivity index is 0.00000729. The van der Waals surface area contributed by atoms with E-state index in [1.54, 1.807) is 19.0 Å². The van der Waals surface area contributed by atoms with Gasteiger partial charge in [0.05, 0.1) is 6.54 Å². The number of likely N-dealkylation sites (tertiary alicyclic amines) is 1. The number of amides is 2. The third kappa shape index (κ3) is 10.3. The van der Waals surface area contributed by atoms with Gasteiger partial charge in [-0.3, -0.25) is 9.79 Å². The molecule has 164 valence electrons. The largest absolute Gasteiger partial charge is 0.444 e. The standard InChI is InChI=1S/C19H37N5O3.HI/c1-7-21-17(22-10-13-23(6)18(26)27-19(2,3)4)24-11-8-15(9-12-24)14-16(25)20-5;/h15H,7-14H2,1-6H3,(H,20,25)(H,21,22);1H. The maximum absolute atomic E-state index is 12.0. The monoisotopic (exact) mass is 511 g/mol. The number of ether oxygens (including phenoxy) is 1. The predicted molar refractivity (Wildman–Crippen MR) is 123 cm³/mol. The van der Waals surface area contributed by atoms with Crippen molar-refractivity contribution in [2.24, 2.45) is 10.9 Å². The van der Waals surface area contributed by atoms with E-state index < -0.39 is 5.60 Å². The number of likely N-dealkylation sites (N-methyl/N-ethyl adjacent to an activating group) is 1. The highest BCUT2D eigenvalue weighted by atomic mass is 127. The molecule has 0 saturated carbocycles. The van der Waals surface area contributed by atoms with Crippen LogP contribution >= 0.6 is 24.0 Å². The van der Waals surface area contributed by atoms with Crippen molar-refractivity contribution >= 4 is 41.9 Å². The smallest absolute Gasteiger partial charge is 0.410 e. The highest BCUT2D eigenvalue weighted by Crippen LogP contribution is 2.20. The fourth-order valence-electron chi connectivity index (χ4n) is 2.88. The second kappa shape index (κ2) is 13.1. The van der Waals surface area contributed by atoms with Gasteiger partial charge in [0.1, 0.15) is 5.60 Å². The van der Waals surface area contributed by atoms with Crippen molar-refractivity contribution in [3.05, 3.63) is 0 Å². The lowest BCUT2D eigenvalue weighted by atomic mass is 9.93. The minimum absolute atomic E-state index is 0. The SMILES string of the molecule is CCNC(=NCCN(C)C(=O)OC(C)(C)C)N1CCC(CC(=O)NC)CC1.I. The Morgan fingerprint density at radius 1 is 1.25 bits per heavy atom. The summed E-state index contributed by atoms with van der Waals surface area (Å²) in [6, 6.07) is 0. The zero-order chi connectivity index (χ0) is 20.4. The van der Waals surface area contributed by atoms with Crippen LogP contribution in [-0.2, 0) is 9.53 Å². The zero-order valence-corrected chi connectivity index (χ0v) is 20.5. The molecule has 8 nitrogen and oxygen atoms in total. The normalized spacial score (nSPS) is 15.5. The van der Waals surface area contributed by atoms with Crippen molar-refractivity contribution < 1.29 is 14.3 Å². The number of hydrogen-bond acceptors (Lipinski definition) is 4. The lowest BCUT2D eigenvalue weighted by Crippen LogP contribution is -2.46. The Bertz CT molecular complexity index is 514. The fraction of sp³-hybridized carbons (Fsp3) is 0.842. The van der Waals surface area contributed by atoms with Crippen molar-refractivity contribution in [3.63, 3.8) is 0 Å². The summed E-state index contributed by atoms with van der Waals surface area (Å²) < 4.78 is 5.35. The number of guanidine groups is 1. The van der Waals surface area contributed by atoms with E-state index in [0.29, 0.717) is 25.4 Å². The lowest BCUT2D eigenvalue weighted by Gasteiger charge is -2.34. The van der Waals surface area contributed by atoms with Gasteiger partial charge < -0.3 is 25.2 Å². The average molecular weight is 511 g/mol. The maximum atomic E-state index is 12.0. The molecule has 0 spiro atoms. The van der Waals surface area contributed by atoms with Crippen LogP contribution in [0.15, 0.2) is 4.99 Å². The van der Waals surface area contributed by atoms with Crippen molar-refractivity contribution in [3.8, 4) is 0 Å². The maximum Gasteiger partial charge on any atom is 0.410 e. The second-order valence-electron chi connectivity index (χ2n) is 7.95. The van der Waals surface area contributed by atoms with E-state index in [-0.39, 0.29) is 36.0 Å². The molecule has 0 bridgehead atoms.